The Bertz CT molecular complexity index is 1350. The van der Waals surface area contributed by atoms with Gasteiger partial charge in [-0.3, -0.25) is 4.79 Å². The summed E-state index contributed by atoms with van der Waals surface area (Å²) < 4.78 is 3.18. The molecule has 0 saturated carbocycles. The predicted molar refractivity (Wildman–Crippen MR) is 113 cm³/mol. The van der Waals surface area contributed by atoms with Crippen molar-refractivity contribution in [2.75, 3.05) is 0 Å². The lowest BCUT2D eigenvalue weighted by molar-refractivity contribution is 0.573. The molecule has 4 nitrogen and oxygen atoms in total. The first kappa shape index (κ1) is 16.3. The number of nitrogens with zero attached hydrogens (tertiary/aromatic N) is 2. The van der Waals surface area contributed by atoms with Crippen LogP contribution in [0.5, 0.6) is 0 Å². The van der Waals surface area contributed by atoms with Crippen molar-refractivity contribution < 1.29 is 0 Å². The molecule has 2 aromatic carbocycles. The van der Waals surface area contributed by atoms with Crippen molar-refractivity contribution in [2.24, 2.45) is 0 Å². The van der Waals surface area contributed by atoms with Crippen LogP contribution in [0.2, 0.25) is 0 Å². The lowest BCUT2D eigenvalue weighted by atomic mass is 9.93. The first-order valence-corrected chi connectivity index (χ1v) is 9.77. The van der Waals surface area contributed by atoms with Crippen LogP contribution in [0.25, 0.3) is 37.3 Å². The Balaban J connectivity index is 1.96. The Labute approximate surface area is 160 Å². The Kier molecular flexibility index (Phi) is 3.34. The maximum Gasteiger partial charge on any atom is 0.201 e. The third-order valence-corrected chi connectivity index (χ3v) is 5.99. The zero-order chi connectivity index (χ0) is 18.8. The standard InChI is InChI=1S/C22H19N3OS/c1-22(2,3)17-12-25-15-10-6-4-8-13(15)19(26)18(20(25)24-17)21-23-14-9-5-7-11-16(14)27-21/h4-12,24H,1-3H3. The smallest absolute Gasteiger partial charge is 0.201 e. The quantitative estimate of drug-likeness (QED) is 0.430. The molecule has 27 heavy (non-hydrogen) atoms. The van der Waals surface area contributed by atoms with Crippen LogP contribution in [-0.2, 0) is 5.41 Å². The molecule has 0 bridgehead atoms. The molecule has 1 N–H and O–H groups in total. The van der Waals surface area contributed by atoms with Gasteiger partial charge in [0.15, 0.2) is 0 Å². The molecule has 0 atom stereocenters. The molecule has 0 unspecified atom stereocenters. The molecular formula is C22H19N3OS. The average Bonchev–Trinajstić information content (AvgIpc) is 3.26. The number of aromatic nitrogens is 3. The molecule has 0 aliphatic heterocycles. The molecule has 0 spiro atoms. The number of pyridine rings is 1. The van der Waals surface area contributed by atoms with Crippen molar-refractivity contribution in [2.45, 2.75) is 26.2 Å². The van der Waals surface area contributed by atoms with Crippen LogP contribution in [0.4, 0.5) is 0 Å². The van der Waals surface area contributed by atoms with Gasteiger partial charge in [-0.15, -0.1) is 11.3 Å². The maximum absolute atomic E-state index is 13.4. The number of benzene rings is 2. The summed E-state index contributed by atoms with van der Waals surface area (Å²) in [6.45, 7) is 6.49. The van der Waals surface area contributed by atoms with Crippen molar-refractivity contribution in [1.29, 1.82) is 0 Å². The molecule has 5 heteroatoms. The van der Waals surface area contributed by atoms with E-state index in [4.69, 9.17) is 4.98 Å². The highest BCUT2D eigenvalue weighted by molar-refractivity contribution is 7.21. The molecule has 5 aromatic rings. The molecular weight excluding hydrogens is 354 g/mol. The minimum atomic E-state index is -0.0545. The Morgan fingerprint density at radius 3 is 2.56 bits per heavy atom. The summed E-state index contributed by atoms with van der Waals surface area (Å²) in [5.41, 5.74) is 4.33. The van der Waals surface area contributed by atoms with Gasteiger partial charge in [0, 0.05) is 22.7 Å². The van der Waals surface area contributed by atoms with Crippen molar-refractivity contribution in [3.63, 3.8) is 0 Å². The van der Waals surface area contributed by atoms with Gasteiger partial charge in [0.25, 0.3) is 0 Å². The second-order valence-corrected chi connectivity index (χ2v) is 8.88. The van der Waals surface area contributed by atoms with Gasteiger partial charge in [0.2, 0.25) is 5.43 Å². The van der Waals surface area contributed by atoms with E-state index in [2.05, 4.69) is 36.4 Å². The van der Waals surface area contributed by atoms with E-state index in [1.165, 1.54) is 0 Å². The molecule has 0 saturated heterocycles. The summed E-state index contributed by atoms with van der Waals surface area (Å²) in [7, 11) is 0. The monoisotopic (exact) mass is 373 g/mol. The summed E-state index contributed by atoms with van der Waals surface area (Å²) >= 11 is 1.56. The first-order valence-electron chi connectivity index (χ1n) is 8.96. The van der Waals surface area contributed by atoms with E-state index >= 15 is 0 Å². The van der Waals surface area contributed by atoms with Crippen molar-refractivity contribution in [1.82, 2.24) is 14.4 Å². The topological polar surface area (TPSA) is 50.2 Å². The number of rotatable bonds is 1. The van der Waals surface area contributed by atoms with E-state index in [-0.39, 0.29) is 10.8 Å². The Morgan fingerprint density at radius 2 is 1.78 bits per heavy atom. The molecule has 0 aliphatic carbocycles. The minimum Gasteiger partial charge on any atom is -0.342 e. The zero-order valence-electron chi connectivity index (χ0n) is 15.4. The van der Waals surface area contributed by atoms with Crippen molar-refractivity contribution in [3.8, 4) is 10.6 Å². The highest BCUT2D eigenvalue weighted by Gasteiger charge is 2.22. The third-order valence-electron chi connectivity index (χ3n) is 4.94. The van der Waals surface area contributed by atoms with Gasteiger partial charge in [0.05, 0.1) is 21.3 Å². The first-order chi connectivity index (χ1) is 12.9. The van der Waals surface area contributed by atoms with E-state index < -0.39 is 0 Å². The molecule has 3 heterocycles. The molecule has 3 aromatic heterocycles. The fraction of sp³-hybridized carbons (Fsp3) is 0.182. The number of hydrogen-bond acceptors (Lipinski definition) is 3. The van der Waals surface area contributed by atoms with Gasteiger partial charge < -0.3 is 9.38 Å². The Morgan fingerprint density at radius 1 is 1.04 bits per heavy atom. The molecule has 5 rings (SSSR count). The summed E-state index contributed by atoms with van der Waals surface area (Å²) in [6, 6.07) is 15.8. The number of fused-ring (bicyclic) bond motifs is 4. The van der Waals surface area contributed by atoms with Crippen LogP contribution >= 0.6 is 11.3 Å². The number of aromatic amines is 1. The number of nitrogens with one attached hydrogen (secondary N) is 1. The van der Waals surface area contributed by atoms with Crippen molar-refractivity contribution in [3.05, 3.63) is 70.6 Å². The molecule has 0 radical (unpaired) electrons. The lowest BCUT2D eigenvalue weighted by Gasteiger charge is -2.14. The molecule has 134 valence electrons. The van der Waals surface area contributed by atoms with E-state index in [9.17, 15) is 4.79 Å². The highest BCUT2D eigenvalue weighted by Crippen LogP contribution is 2.33. The predicted octanol–water partition coefficient (Wildman–Crippen LogP) is 5.36. The SMILES string of the molecule is CC(C)(C)c1cn2c([nH]1)c(-c1nc3ccccc3s1)c(=O)c1ccccc12. The van der Waals surface area contributed by atoms with Crippen LogP contribution in [0.15, 0.2) is 59.5 Å². The second kappa shape index (κ2) is 5.54. The number of H-pyrrole nitrogens is 1. The fourth-order valence-electron chi connectivity index (χ4n) is 3.46. The van der Waals surface area contributed by atoms with Crippen LogP contribution in [0.1, 0.15) is 26.5 Å². The molecule has 0 aliphatic rings. The van der Waals surface area contributed by atoms with Crippen LogP contribution < -0.4 is 5.43 Å². The highest BCUT2D eigenvalue weighted by atomic mass is 32.1. The number of imidazole rings is 1. The van der Waals surface area contributed by atoms with E-state index in [0.717, 1.165) is 32.1 Å². The third kappa shape index (κ3) is 2.42. The van der Waals surface area contributed by atoms with Crippen LogP contribution in [0, 0.1) is 0 Å². The van der Waals surface area contributed by atoms with Crippen molar-refractivity contribution >= 4 is 38.1 Å². The second-order valence-electron chi connectivity index (χ2n) is 7.84. The molecule has 0 amide bonds. The van der Waals surface area contributed by atoms with E-state index in [1.54, 1.807) is 11.3 Å². The molecule has 0 fully saturated rings. The summed E-state index contributed by atoms with van der Waals surface area (Å²) in [5.74, 6) is 0. The maximum atomic E-state index is 13.4. The van der Waals surface area contributed by atoms with Gasteiger partial charge in [-0.1, -0.05) is 45.0 Å². The summed E-state index contributed by atoms with van der Waals surface area (Å²) in [4.78, 5) is 21.7. The average molecular weight is 373 g/mol. The summed E-state index contributed by atoms with van der Waals surface area (Å²) in [5, 5.41) is 1.47. The van der Waals surface area contributed by atoms with Gasteiger partial charge >= 0.3 is 0 Å². The Hall–Kier alpha value is -2.92. The van der Waals surface area contributed by atoms with E-state index in [0.29, 0.717) is 10.9 Å². The number of para-hydroxylation sites is 2. The number of hydrogen-bond donors (Lipinski definition) is 1. The van der Waals surface area contributed by atoms with Gasteiger partial charge in [0.1, 0.15) is 10.7 Å². The summed E-state index contributed by atoms with van der Waals surface area (Å²) in [6.07, 6.45) is 2.11. The zero-order valence-corrected chi connectivity index (χ0v) is 16.2. The van der Waals surface area contributed by atoms with Gasteiger partial charge in [-0.05, 0) is 24.3 Å². The number of thiazole rings is 1. The van der Waals surface area contributed by atoms with Gasteiger partial charge in [-0.2, -0.15) is 0 Å². The van der Waals surface area contributed by atoms with Gasteiger partial charge in [-0.25, -0.2) is 4.98 Å². The van der Waals surface area contributed by atoms with E-state index in [1.807, 2.05) is 48.5 Å². The lowest BCUT2D eigenvalue weighted by Crippen LogP contribution is -2.11. The van der Waals surface area contributed by atoms with Crippen LogP contribution in [0.3, 0.4) is 0 Å². The largest absolute Gasteiger partial charge is 0.342 e. The minimum absolute atomic E-state index is 0.0203. The van der Waals surface area contributed by atoms with Crippen LogP contribution in [-0.4, -0.2) is 14.4 Å². The normalized spacial score (nSPS) is 12.4. The fourth-order valence-corrected chi connectivity index (χ4v) is 4.47.